The molecule has 0 fully saturated rings. The highest BCUT2D eigenvalue weighted by Gasteiger charge is 2.16. The predicted molar refractivity (Wildman–Crippen MR) is 115 cm³/mol. The second-order valence-electron chi connectivity index (χ2n) is 6.73. The van der Waals surface area contributed by atoms with Crippen molar-refractivity contribution in [3.05, 3.63) is 82.8 Å². The lowest BCUT2D eigenvalue weighted by atomic mass is 10.1. The number of nitrogens with zero attached hydrogens (tertiary/aromatic N) is 1. The van der Waals surface area contributed by atoms with E-state index in [2.05, 4.69) is 22.1 Å². The van der Waals surface area contributed by atoms with Crippen LogP contribution in [0.25, 0.3) is 10.9 Å². The first-order valence-corrected chi connectivity index (χ1v) is 9.25. The molecule has 0 bridgehead atoms. The SMILES string of the molecule is CC(=N)/C(NC(=O)c1cc(O)nc2ccccc12)=C(/C)C#CCc1ccc(F)cc1. The quantitative estimate of drug-likeness (QED) is 0.448. The molecule has 30 heavy (non-hydrogen) atoms. The molecular formula is C24H20FN3O2. The van der Waals surface area contributed by atoms with E-state index < -0.39 is 5.91 Å². The summed E-state index contributed by atoms with van der Waals surface area (Å²) in [7, 11) is 0. The van der Waals surface area contributed by atoms with Crippen LogP contribution in [-0.4, -0.2) is 21.7 Å². The Morgan fingerprint density at radius 3 is 2.57 bits per heavy atom. The van der Waals surface area contributed by atoms with Crippen molar-refractivity contribution in [2.75, 3.05) is 0 Å². The maximum Gasteiger partial charge on any atom is 0.256 e. The van der Waals surface area contributed by atoms with Crippen LogP contribution in [0.4, 0.5) is 4.39 Å². The Morgan fingerprint density at radius 1 is 1.17 bits per heavy atom. The van der Waals surface area contributed by atoms with Gasteiger partial charge in [0.05, 0.1) is 22.5 Å². The molecule has 0 atom stereocenters. The lowest BCUT2D eigenvalue weighted by Crippen LogP contribution is -2.27. The van der Waals surface area contributed by atoms with Crippen molar-refractivity contribution in [2.45, 2.75) is 20.3 Å². The Kier molecular flexibility index (Phi) is 6.23. The molecule has 0 saturated heterocycles. The van der Waals surface area contributed by atoms with Crippen LogP contribution in [0.1, 0.15) is 29.8 Å². The standard InChI is InChI=1S/C24H20FN3O2/c1-15(6-5-7-17-10-12-18(25)13-11-17)23(16(2)26)28-24(30)20-14-22(29)27-21-9-4-3-8-19(20)21/h3-4,8-14,26H,7H2,1-2H3,(H,27,29)(H,28,30)/b23-15+,26-16?. The molecule has 0 unspecified atom stereocenters. The van der Waals surface area contributed by atoms with Crippen molar-refractivity contribution in [1.82, 2.24) is 10.3 Å². The summed E-state index contributed by atoms with van der Waals surface area (Å²) >= 11 is 0. The first kappa shape index (κ1) is 20.7. The van der Waals surface area contributed by atoms with Gasteiger partial charge in [0, 0.05) is 23.4 Å². The summed E-state index contributed by atoms with van der Waals surface area (Å²) in [6.45, 7) is 3.27. The highest BCUT2D eigenvalue weighted by atomic mass is 19.1. The maximum atomic E-state index is 13.0. The summed E-state index contributed by atoms with van der Waals surface area (Å²) < 4.78 is 13.0. The summed E-state index contributed by atoms with van der Waals surface area (Å²) in [5.41, 5.74) is 2.60. The fraction of sp³-hybridized carbons (Fsp3) is 0.125. The van der Waals surface area contributed by atoms with Gasteiger partial charge in [-0.1, -0.05) is 42.2 Å². The van der Waals surface area contributed by atoms with Gasteiger partial charge in [-0.25, -0.2) is 9.37 Å². The number of aromatic nitrogens is 1. The van der Waals surface area contributed by atoms with Crippen LogP contribution in [0.2, 0.25) is 0 Å². The fourth-order valence-corrected chi connectivity index (χ4v) is 2.94. The number of nitrogens with one attached hydrogen (secondary N) is 2. The van der Waals surface area contributed by atoms with Gasteiger partial charge in [0.2, 0.25) is 5.88 Å². The Labute approximate surface area is 173 Å². The number of fused-ring (bicyclic) bond motifs is 1. The van der Waals surface area contributed by atoms with E-state index in [0.717, 1.165) is 5.56 Å². The molecular weight excluding hydrogens is 381 g/mol. The van der Waals surface area contributed by atoms with Gasteiger partial charge >= 0.3 is 0 Å². The van der Waals surface area contributed by atoms with Crippen LogP contribution in [0, 0.1) is 23.1 Å². The number of carbonyl (C=O) groups excluding carboxylic acids is 1. The number of carbonyl (C=O) groups is 1. The molecule has 0 aliphatic heterocycles. The molecule has 0 spiro atoms. The molecule has 1 aromatic heterocycles. The summed E-state index contributed by atoms with van der Waals surface area (Å²) in [6.07, 6.45) is 0.415. The average molecular weight is 401 g/mol. The third-order valence-corrected chi connectivity index (χ3v) is 4.42. The molecule has 0 aliphatic rings. The van der Waals surface area contributed by atoms with Gasteiger partial charge in [-0.2, -0.15) is 0 Å². The molecule has 5 nitrogen and oxygen atoms in total. The van der Waals surface area contributed by atoms with Crippen LogP contribution >= 0.6 is 0 Å². The Balaban J connectivity index is 1.87. The fourth-order valence-electron chi connectivity index (χ4n) is 2.94. The van der Waals surface area contributed by atoms with Crippen molar-refractivity contribution in [3.63, 3.8) is 0 Å². The number of benzene rings is 2. The number of amides is 1. The topological polar surface area (TPSA) is 86.1 Å². The van der Waals surface area contributed by atoms with Crippen LogP contribution in [-0.2, 0) is 6.42 Å². The second-order valence-corrected chi connectivity index (χ2v) is 6.73. The third kappa shape index (κ3) is 4.89. The Morgan fingerprint density at radius 2 is 1.87 bits per heavy atom. The summed E-state index contributed by atoms with van der Waals surface area (Å²) in [4.78, 5) is 16.9. The first-order chi connectivity index (χ1) is 14.3. The largest absolute Gasteiger partial charge is 0.493 e. The number of rotatable bonds is 4. The van der Waals surface area contributed by atoms with Crippen molar-refractivity contribution in [3.8, 4) is 17.7 Å². The molecule has 6 heteroatoms. The number of pyridine rings is 1. The van der Waals surface area contributed by atoms with Gasteiger partial charge in [-0.3, -0.25) is 4.79 Å². The molecule has 1 heterocycles. The van der Waals surface area contributed by atoms with Crippen LogP contribution < -0.4 is 5.32 Å². The molecule has 0 radical (unpaired) electrons. The van der Waals surface area contributed by atoms with Gasteiger partial charge in [0.15, 0.2) is 0 Å². The minimum absolute atomic E-state index is 0.152. The number of halogens is 1. The van der Waals surface area contributed by atoms with E-state index in [4.69, 9.17) is 5.41 Å². The zero-order chi connectivity index (χ0) is 21.7. The van der Waals surface area contributed by atoms with Gasteiger partial charge in [0.25, 0.3) is 5.91 Å². The molecule has 1 amide bonds. The lowest BCUT2D eigenvalue weighted by Gasteiger charge is -2.12. The van der Waals surface area contributed by atoms with E-state index in [0.29, 0.717) is 28.6 Å². The Bertz CT molecular complexity index is 1220. The Hall–Kier alpha value is -3.98. The number of aromatic hydroxyl groups is 1. The van der Waals surface area contributed by atoms with Crippen molar-refractivity contribution >= 4 is 22.5 Å². The molecule has 150 valence electrons. The van der Waals surface area contributed by atoms with Crippen LogP contribution in [0.15, 0.2) is 65.9 Å². The van der Waals surface area contributed by atoms with Gasteiger partial charge in [-0.15, -0.1) is 0 Å². The lowest BCUT2D eigenvalue weighted by molar-refractivity contribution is 0.0968. The van der Waals surface area contributed by atoms with Crippen molar-refractivity contribution < 1.29 is 14.3 Å². The normalized spacial score (nSPS) is 11.3. The van der Waals surface area contributed by atoms with Gasteiger partial charge in [0.1, 0.15) is 5.82 Å². The van der Waals surface area contributed by atoms with Crippen LogP contribution in [0.3, 0.4) is 0 Å². The molecule has 3 N–H and O–H groups in total. The number of allylic oxidation sites excluding steroid dienone is 2. The van der Waals surface area contributed by atoms with Crippen LogP contribution in [0.5, 0.6) is 5.88 Å². The second kappa shape index (κ2) is 9.01. The number of hydrogen-bond donors (Lipinski definition) is 3. The first-order valence-electron chi connectivity index (χ1n) is 9.25. The zero-order valence-corrected chi connectivity index (χ0v) is 16.6. The van der Waals surface area contributed by atoms with E-state index >= 15 is 0 Å². The van der Waals surface area contributed by atoms with E-state index in [9.17, 15) is 14.3 Å². The third-order valence-electron chi connectivity index (χ3n) is 4.42. The summed E-state index contributed by atoms with van der Waals surface area (Å²) in [5, 5.41) is 21.2. The minimum atomic E-state index is -0.467. The van der Waals surface area contributed by atoms with Crippen molar-refractivity contribution in [2.24, 2.45) is 0 Å². The van der Waals surface area contributed by atoms with Gasteiger partial charge < -0.3 is 15.8 Å². The molecule has 0 aliphatic carbocycles. The van der Waals surface area contributed by atoms with Crippen molar-refractivity contribution in [1.29, 1.82) is 5.41 Å². The van der Waals surface area contributed by atoms with Gasteiger partial charge in [-0.05, 0) is 37.6 Å². The van der Waals surface area contributed by atoms with E-state index in [1.807, 2.05) is 0 Å². The number of hydrogen-bond acceptors (Lipinski definition) is 4. The summed E-state index contributed by atoms with van der Waals surface area (Å²) in [5.74, 6) is 4.90. The minimum Gasteiger partial charge on any atom is -0.493 e. The van der Waals surface area contributed by atoms with E-state index in [-0.39, 0.29) is 23.0 Å². The average Bonchev–Trinajstić information content (AvgIpc) is 2.72. The predicted octanol–water partition coefficient (Wildman–Crippen LogP) is 4.37. The molecule has 2 aromatic carbocycles. The molecule has 0 saturated carbocycles. The zero-order valence-electron chi connectivity index (χ0n) is 16.6. The number of para-hydroxylation sites is 1. The summed E-state index contributed by atoms with van der Waals surface area (Å²) in [6, 6.07) is 14.4. The molecule has 3 aromatic rings. The smallest absolute Gasteiger partial charge is 0.256 e. The van der Waals surface area contributed by atoms with E-state index in [1.54, 1.807) is 50.2 Å². The highest BCUT2D eigenvalue weighted by Crippen LogP contribution is 2.21. The monoisotopic (exact) mass is 401 g/mol. The van der Waals surface area contributed by atoms with E-state index in [1.165, 1.54) is 18.2 Å². The highest BCUT2D eigenvalue weighted by molar-refractivity contribution is 6.10. The maximum absolute atomic E-state index is 13.0. The molecule has 3 rings (SSSR count).